The lowest BCUT2D eigenvalue weighted by Crippen LogP contribution is -2.45. The standard InChI is InChI=1S/C7H15ClIN2O2P/c8-2-5-11(6-3-9)14(12)10-4-1-7-13-14/h1-7H2,(H,10,12). The number of nitrogens with one attached hydrogen (secondary N) is 1. The van der Waals surface area contributed by atoms with Crippen molar-refractivity contribution in [3.63, 3.8) is 0 Å². The fourth-order valence-electron chi connectivity index (χ4n) is 1.28. The molecule has 7 heteroatoms. The van der Waals surface area contributed by atoms with Crippen LogP contribution < -0.4 is 9.98 Å². The molecule has 0 aromatic carbocycles. The van der Waals surface area contributed by atoms with E-state index in [0.29, 0.717) is 19.0 Å². The molecule has 1 fully saturated rings. The first-order valence-corrected chi connectivity index (χ1v) is 8.24. The number of hydrogen-bond donors (Lipinski definition) is 1. The molecule has 1 aliphatic rings. The Morgan fingerprint density at radius 1 is 1.57 bits per heavy atom. The van der Waals surface area contributed by atoms with Gasteiger partial charge in [-0.2, -0.15) is 5.09 Å². The second-order valence-corrected chi connectivity index (χ2v) is 6.58. The van der Waals surface area contributed by atoms with E-state index in [1.807, 2.05) is 4.67 Å². The van der Waals surface area contributed by atoms with Crippen molar-refractivity contribution in [3.05, 3.63) is 0 Å². The molecule has 0 aliphatic carbocycles. The molecule has 1 atom stereocenters. The van der Waals surface area contributed by atoms with Crippen LogP contribution in [-0.2, 0) is 4.52 Å². The highest BCUT2D eigenvalue weighted by molar-refractivity contribution is 14.1. The number of halogens is 2. The van der Waals surface area contributed by atoms with Crippen LogP contribution in [0.4, 0.5) is 0 Å². The Balaban J connectivity index is 2.53. The molecular weight excluding hydrogens is 337 g/mol. The van der Waals surface area contributed by atoms with Crippen LogP contribution in [0.3, 0.4) is 0 Å². The molecule has 1 heterocycles. The zero-order valence-corrected chi connectivity index (χ0v) is 11.7. The average Bonchev–Trinajstić information content (AvgIpc) is 2.19. The minimum Gasteiger partial charge on any atom is -0.626 e. The maximum Gasteiger partial charge on any atom is 0.250 e. The van der Waals surface area contributed by atoms with E-state index in [1.54, 1.807) is 0 Å². The topological polar surface area (TPSA) is 47.6 Å². The highest BCUT2D eigenvalue weighted by atomic mass is 127. The average molecular weight is 353 g/mol. The quantitative estimate of drug-likeness (QED) is 0.456. The predicted octanol–water partition coefficient (Wildman–Crippen LogP) is 1.01. The molecular formula is C7H15ClIN2O2P. The SMILES string of the molecule is [O-][P+]1(N(CCCl)CCI)NCCCO1. The Hall–Kier alpha value is 1.29. The molecule has 84 valence electrons. The molecule has 0 aromatic heterocycles. The van der Waals surface area contributed by atoms with Crippen LogP contribution in [-0.4, -0.2) is 41.2 Å². The number of rotatable bonds is 5. The van der Waals surface area contributed by atoms with E-state index in [-0.39, 0.29) is 0 Å². The van der Waals surface area contributed by atoms with Crippen molar-refractivity contribution in [1.82, 2.24) is 9.76 Å². The van der Waals surface area contributed by atoms with Crippen molar-refractivity contribution >= 4 is 42.2 Å². The van der Waals surface area contributed by atoms with Gasteiger partial charge >= 0.3 is 0 Å². The van der Waals surface area contributed by atoms with Gasteiger partial charge in [0.05, 0.1) is 13.2 Å². The lowest BCUT2D eigenvalue weighted by Gasteiger charge is -2.39. The van der Waals surface area contributed by atoms with Crippen LogP contribution in [0.15, 0.2) is 0 Å². The number of hydrogen-bond acceptors (Lipinski definition) is 4. The summed E-state index contributed by atoms with van der Waals surface area (Å²) in [5, 5.41) is 2.96. The lowest BCUT2D eigenvalue weighted by molar-refractivity contribution is -0.213. The van der Waals surface area contributed by atoms with Crippen molar-refractivity contribution < 1.29 is 9.42 Å². The van der Waals surface area contributed by atoms with Crippen LogP contribution in [0.2, 0.25) is 0 Å². The first-order chi connectivity index (χ1) is 6.73. The molecule has 0 radical (unpaired) electrons. The van der Waals surface area contributed by atoms with Gasteiger partial charge in [0.25, 0.3) is 0 Å². The van der Waals surface area contributed by atoms with Gasteiger partial charge in [0, 0.05) is 23.4 Å². The Labute approximate surface area is 104 Å². The van der Waals surface area contributed by atoms with E-state index in [4.69, 9.17) is 16.1 Å². The van der Waals surface area contributed by atoms with Gasteiger partial charge in [-0.15, -0.1) is 16.3 Å². The fraction of sp³-hybridized carbons (Fsp3) is 1.00. The van der Waals surface area contributed by atoms with E-state index in [1.165, 1.54) is 0 Å². The summed E-state index contributed by atoms with van der Waals surface area (Å²) in [6, 6.07) is 0. The summed E-state index contributed by atoms with van der Waals surface area (Å²) < 4.78 is 8.09. The van der Waals surface area contributed by atoms with E-state index in [0.717, 1.165) is 23.9 Å². The molecule has 1 rings (SSSR count). The highest BCUT2D eigenvalue weighted by Gasteiger charge is 2.38. The Morgan fingerprint density at radius 2 is 2.36 bits per heavy atom. The summed E-state index contributed by atoms with van der Waals surface area (Å²) in [6.45, 7) is 2.69. The largest absolute Gasteiger partial charge is 0.626 e. The highest BCUT2D eigenvalue weighted by Crippen LogP contribution is 2.51. The van der Waals surface area contributed by atoms with Crippen LogP contribution in [0.1, 0.15) is 6.42 Å². The monoisotopic (exact) mass is 352 g/mol. The van der Waals surface area contributed by atoms with Gasteiger partial charge in [0.2, 0.25) is 8.02 Å². The van der Waals surface area contributed by atoms with Gasteiger partial charge in [-0.25, -0.2) is 4.52 Å². The maximum absolute atomic E-state index is 12.2. The van der Waals surface area contributed by atoms with Crippen molar-refractivity contribution in [3.8, 4) is 0 Å². The van der Waals surface area contributed by atoms with Gasteiger partial charge in [-0.3, -0.25) is 0 Å². The van der Waals surface area contributed by atoms with Crippen molar-refractivity contribution in [1.29, 1.82) is 0 Å². The second-order valence-electron chi connectivity index (χ2n) is 2.95. The van der Waals surface area contributed by atoms with Gasteiger partial charge in [0.15, 0.2) is 0 Å². The summed E-state index contributed by atoms with van der Waals surface area (Å²) >= 11 is 7.92. The molecule has 1 aliphatic heterocycles. The Kier molecular flexibility index (Phi) is 6.47. The van der Waals surface area contributed by atoms with Gasteiger partial charge in [-0.1, -0.05) is 22.6 Å². The second kappa shape index (κ2) is 6.78. The molecule has 4 nitrogen and oxygen atoms in total. The van der Waals surface area contributed by atoms with Gasteiger partial charge in [-0.05, 0) is 6.42 Å². The lowest BCUT2D eigenvalue weighted by atomic mass is 10.5. The molecule has 0 amide bonds. The molecule has 0 bridgehead atoms. The molecule has 1 unspecified atom stereocenters. The molecule has 1 saturated heterocycles. The minimum atomic E-state index is -2.76. The normalized spacial score (nSPS) is 28.3. The van der Waals surface area contributed by atoms with Gasteiger partial charge in [0.1, 0.15) is 0 Å². The molecule has 1 N–H and O–H groups in total. The molecule has 0 spiro atoms. The number of nitrogens with zero attached hydrogens (tertiary/aromatic N) is 1. The molecule has 0 saturated carbocycles. The Morgan fingerprint density at radius 3 is 2.86 bits per heavy atom. The first kappa shape index (κ1) is 13.4. The van der Waals surface area contributed by atoms with Gasteiger partial charge < -0.3 is 4.89 Å². The van der Waals surface area contributed by atoms with E-state index in [2.05, 4.69) is 27.7 Å². The maximum atomic E-state index is 12.2. The zero-order valence-electron chi connectivity index (χ0n) is 7.92. The third-order valence-electron chi connectivity index (χ3n) is 1.96. The summed E-state index contributed by atoms with van der Waals surface area (Å²) in [4.78, 5) is 12.2. The predicted molar refractivity (Wildman–Crippen MR) is 66.7 cm³/mol. The Bertz CT molecular complexity index is 166. The van der Waals surface area contributed by atoms with E-state index in [9.17, 15) is 4.89 Å². The minimum absolute atomic E-state index is 0.478. The van der Waals surface area contributed by atoms with Crippen molar-refractivity contribution in [2.75, 3.05) is 36.5 Å². The molecule has 14 heavy (non-hydrogen) atoms. The van der Waals surface area contributed by atoms with Crippen LogP contribution >= 0.6 is 42.2 Å². The van der Waals surface area contributed by atoms with E-state index < -0.39 is 8.02 Å². The summed E-state index contributed by atoms with van der Waals surface area (Å²) in [6.07, 6.45) is 0.920. The summed E-state index contributed by atoms with van der Waals surface area (Å²) in [7, 11) is -2.76. The smallest absolute Gasteiger partial charge is 0.250 e. The van der Waals surface area contributed by atoms with Crippen LogP contribution in [0, 0.1) is 0 Å². The van der Waals surface area contributed by atoms with Crippen LogP contribution in [0.5, 0.6) is 0 Å². The fourth-order valence-corrected chi connectivity index (χ4v) is 4.56. The van der Waals surface area contributed by atoms with Crippen molar-refractivity contribution in [2.45, 2.75) is 6.42 Å². The first-order valence-electron chi connectivity index (χ1n) is 4.60. The summed E-state index contributed by atoms with van der Waals surface area (Å²) in [5.41, 5.74) is 0. The van der Waals surface area contributed by atoms with E-state index >= 15 is 0 Å². The zero-order chi connectivity index (χ0) is 10.4. The summed E-state index contributed by atoms with van der Waals surface area (Å²) in [5.74, 6) is 0.478. The third-order valence-corrected chi connectivity index (χ3v) is 4.91. The van der Waals surface area contributed by atoms with Crippen LogP contribution in [0.25, 0.3) is 0 Å². The van der Waals surface area contributed by atoms with Crippen molar-refractivity contribution in [2.24, 2.45) is 0 Å². The third kappa shape index (κ3) is 3.70. The number of alkyl halides is 2. The molecule has 0 aromatic rings.